The van der Waals surface area contributed by atoms with Gasteiger partial charge in [0.15, 0.2) is 11.5 Å². The molecular weight excluding hydrogens is 302 g/mol. The van der Waals surface area contributed by atoms with E-state index in [0.717, 1.165) is 0 Å². The Bertz CT molecular complexity index is 457. The van der Waals surface area contributed by atoms with E-state index < -0.39 is 18.9 Å². The highest BCUT2D eigenvalue weighted by Gasteiger charge is 2.39. The van der Waals surface area contributed by atoms with Crippen molar-refractivity contribution in [1.29, 1.82) is 0 Å². The molecule has 1 aromatic rings. The zero-order chi connectivity index (χ0) is 15.3. The first-order valence-corrected chi connectivity index (χ1v) is 5.96. The molecule has 0 saturated carbocycles. The predicted molar refractivity (Wildman–Crippen MR) is 67.2 cm³/mol. The van der Waals surface area contributed by atoms with Crippen molar-refractivity contribution in [3.05, 3.63) is 22.7 Å². The average molecular weight is 316 g/mol. The van der Waals surface area contributed by atoms with Crippen LogP contribution in [0.4, 0.5) is 17.6 Å². The second kappa shape index (κ2) is 6.99. The molecule has 114 valence electrons. The standard InChI is InChI=1S/C12H14ClF4NO2/c1-19-9-4-7(3-8(13)10(9)20-2)5-18-6-12(16,17)11(14)15/h3-4,11,18H,5-6H2,1-2H3. The van der Waals surface area contributed by atoms with Gasteiger partial charge in [-0.25, -0.2) is 8.78 Å². The Morgan fingerprint density at radius 2 is 1.90 bits per heavy atom. The van der Waals surface area contributed by atoms with Gasteiger partial charge in [-0.3, -0.25) is 0 Å². The quantitative estimate of drug-likeness (QED) is 0.783. The molecule has 0 aliphatic rings. The van der Waals surface area contributed by atoms with E-state index in [1.807, 2.05) is 0 Å². The zero-order valence-electron chi connectivity index (χ0n) is 10.9. The minimum Gasteiger partial charge on any atom is -0.493 e. The van der Waals surface area contributed by atoms with Crippen LogP contribution >= 0.6 is 11.6 Å². The van der Waals surface area contributed by atoms with Gasteiger partial charge in [0.05, 0.1) is 25.8 Å². The maximum atomic E-state index is 12.7. The van der Waals surface area contributed by atoms with Crippen LogP contribution < -0.4 is 14.8 Å². The Morgan fingerprint density at radius 1 is 1.25 bits per heavy atom. The molecule has 0 aromatic heterocycles. The summed E-state index contributed by atoms with van der Waals surface area (Å²) in [4.78, 5) is 0. The first kappa shape index (κ1) is 16.8. The third-order valence-electron chi connectivity index (χ3n) is 2.50. The van der Waals surface area contributed by atoms with Crippen molar-refractivity contribution in [2.75, 3.05) is 20.8 Å². The smallest absolute Gasteiger partial charge is 0.319 e. The molecule has 0 aliphatic heterocycles. The Hall–Kier alpha value is -1.21. The van der Waals surface area contributed by atoms with E-state index in [2.05, 4.69) is 5.32 Å². The van der Waals surface area contributed by atoms with Crippen molar-refractivity contribution in [1.82, 2.24) is 5.32 Å². The van der Waals surface area contributed by atoms with Gasteiger partial charge in [0, 0.05) is 6.54 Å². The van der Waals surface area contributed by atoms with Gasteiger partial charge in [0.2, 0.25) is 0 Å². The van der Waals surface area contributed by atoms with E-state index in [-0.39, 0.29) is 11.6 Å². The largest absolute Gasteiger partial charge is 0.493 e. The molecule has 0 unspecified atom stereocenters. The average Bonchev–Trinajstić information content (AvgIpc) is 2.37. The lowest BCUT2D eigenvalue weighted by Crippen LogP contribution is -2.38. The highest BCUT2D eigenvalue weighted by atomic mass is 35.5. The molecule has 0 heterocycles. The molecule has 1 aromatic carbocycles. The maximum Gasteiger partial charge on any atom is 0.319 e. The first-order chi connectivity index (χ1) is 9.31. The zero-order valence-corrected chi connectivity index (χ0v) is 11.6. The number of hydrogen-bond acceptors (Lipinski definition) is 3. The summed E-state index contributed by atoms with van der Waals surface area (Å²) < 4.78 is 59.4. The lowest BCUT2D eigenvalue weighted by atomic mass is 10.2. The second-order valence-electron chi connectivity index (χ2n) is 3.98. The summed E-state index contributed by atoms with van der Waals surface area (Å²) in [6.07, 6.45) is -3.70. The van der Waals surface area contributed by atoms with E-state index in [1.54, 1.807) is 0 Å². The number of ether oxygens (including phenoxy) is 2. The minimum atomic E-state index is -4.07. The number of rotatable bonds is 7. The van der Waals surface area contributed by atoms with Crippen LogP contribution in [0, 0.1) is 0 Å². The van der Waals surface area contributed by atoms with Crippen LogP contribution in [-0.4, -0.2) is 33.1 Å². The Balaban J connectivity index is 2.72. The number of halogens is 5. The molecular formula is C12H14ClF4NO2. The summed E-state index contributed by atoms with van der Waals surface area (Å²) in [6, 6.07) is 3.01. The second-order valence-corrected chi connectivity index (χ2v) is 4.39. The van der Waals surface area contributed by atoms with Crippen molar-refractivity contribution < 1.29 is 27.0 Å². The molecule has 0 amide bonds. The molecule has 0 fully saturated rings. The molecule has 0 spiro atoms. The van der Waals surface area contributed by atoms with Crippen molar-refractivity contribution in [2.45, 2.75) is 18.9 Å². The molecule has 8 heteroatoms. The molecule has 0 saturated heterocycles. The molecule has 1 rings (SSSR count). The van der Waals surface area contributed by atoms with E-state index in [4.69, 9.17) is 21.1 Å². The monoisotopic (exact) mass is 315 g/mol. The van der Waals surface area contributed by atoms with Gasteiger partial charge in [-0.2, -0.15) is 8.78 Å². The lowest BCUT2D eigenvalue weighted by molar-refractivity contribution is -0.125. The van der Waals surface area contributed by atoms with Crippen LogP contribution in [0.25, 0.3) is 0 Å². The Morgan fingerprint density at radius 3 is 2.40 bits per heavy atom. The van der Waals surface area contributed by atoms with Gasteiger partial charge in [-0.05, 0) is 17.7 Å². The molecule has 0 radical (unpaired) electrons. The number of nitrogens with one attached hydrogen (secondary N) is 1. The van der Waals surface area contributed by atoms with Crippen molar-refractivity contribution >= 4 is 11.6 Å². The van der Waals surface area contributed by atoms with Crippen LogP contribution in [0.5, 0.6) is 11.5 Å². The highest BCUT2D eigenvalue weighted by molar-refractivity contribution is 6.32. The van der Waals surface area contributed by atoms with Gasteiger partial charge >= 0.3 is 12.3 Å². The Kier molecular flexibility index (Phi) is 5.88. The summed E-state index contributed by atoms with van der Waals surface area (Å²) in [5.41, 5.74) is 0.512. The van der Waals surface area contributed by atoms with Crippen LogP contribution in [0.3, 0.4) is 0 Å². The van der Waals surface area contributed by atoms with Crippen LogP contribution in [-0.2, 0) is 6.54 Å². The van der Waals surface area contributed by atoms with E-state index in [0.29, 0.717) is 17.1 Å². The maximum absolute atomic E-state index is 12.7. The summed E-state index contributed by atoms with van der Waals surface area (Å²) in [6.45, 7) is -1.18. The van der Waals surface area contributed by atoms with E-state index in [9.17, 15) is 17.6 Å². The van der Waals surface area contributed by atoms with Crippen LogP contribution in [0.1, 0.15) is 5.56 Å². The summed E-state index contributed by atoms with van der Waals surface area (Å²) >= 11 is 5.93. The SMILES string of the molecule is COc1cc(CNCC(F)(F)C(F)F)cc(Cl)c1OC. The normalized spacial score (nSPS) is 11.8. The number of alkyl halides is 4. The third kappa shape index (κ3) is 4.14. The molecule has 3 nitrogen and oxygen atoms in total. The van der Waals surface area contributed by atoms with Crippen molar-refractivity contribution in [3.8, 4) is 11.5 Å². The minimum absolute atomic E-state index is 0.0532. The van der Waals surface area contributed by atoms with Crippen molar-refractivity contribution in [3.63, 3.8) is 0 Å². The molecule has 1 N–H and O–H groups in total. The highest BCUT2D eigenvalue weighted by Crippen LogP contribution is 2.36. The third-order valence-corrected chi connectivity index (χ3v) is 2.78. The van der Waals surface area contributed by atoms with Gasteiger partial charge in [0.25, 0.3) is 0 Å². The number of hydrogen-bond donors (Lipinski definition) is 1. The summed E-state index contributed by atoms with van der Waals surface area (Å²) in [5.74, 6) is -3.42. The van der Waals surface area contributed by atoms with Gasteiger partial charge in [0.1, 0.15) is 0 Å². The Labute approximate surface area is 118 Å². The summed E-state index contributed by atoms with van der Waals surface area (Å²) in [7, 11) is 2.81. The fourth-order valence-electron chi connectivity index (χ4n) is 1.52. The molecule has 20 heavy (non-hydrogen) atoms. The van der Waals surface area contributed by atoms with E-state index >= 15 is 0 Å². The first-order valence-electron chi connectivity index (χ1n) is 5.59. The van der Waals surface area contributed by atoms with Gasteiger partial charge in [-0.1, -0.05) is 11.6 Å². The van der Waals surface area contributed by atoms with Crippen LogP contribution in [0.15, 0.2) is 12.1 Å². The van der Waals surface area contributed by atoms with Crippen molar-refractivity contribution in [2.24, 2.45) is 0 Å². The van der Waals surface area contributed by atoms with Crippen LogP contribution in [0.2, 0.25) is 5.02 Å². The molecule has 0 aliphatic carbocycles. The predicted octanol–water partition coefficient (Wildman–Crippen LogP) is 3.35. The summed E-state index contributed by atoms with van der Waals surface area (Å²) in [5, 5.41) is 2.49. The fourth-order valence-corrected chi connectivity index (χ4v) is 1.83. The van der Waals surface area contributed by atoms with Gasteiger partial charge in [-0.15, -0.1) is 0 Å². The molecule has 0 atom stereocenters. The fraction of sp³-hybridized carbons (Fsp3) is 0.500. The van der Waals surface area contributed by atoms with E-state index in [1.165, 1.54) is 26.4 Å². The number of benzene rings is 1. The van der Waals surface area contributed by atoms with Gasteiger partial charge < -0.3 is 14.8 Å². The number of methoxy groups -OCH3 is 2. The lowest BCUT2D eigenvalue weighted by Gasteiger charge is -2.16. The molecule has 0 bridgehead atoms. The topological polar surface area (TPSA) is 30.5 Å².